The number of nitrogens with one attached hydrogen (secondary N) is 1. The van der Waals surface area contributed by atoms with Crippen molar-refractivity contribution in [2.24, 2.45) is 0 Å². The van der Waals surface area contributed by atoms with Gasteiger partial charge in [-0.05, 0) is 17.7 Å². The van der Waals surface area contributed by atoms with Crippen molar-refractivity contribution in [2.75, 3.05) is 6.54 Å². The van der Waals surface area contributed by atoms with E-state index in [1.54, 1.807) is 5.32 Å². The number of rotatable bonds is 3. The fourth-order valence-electron chi connectivity index (χ4n) is 1.05. The molecule has 0 saturated carbocycles. The van der Waals surface area contributed by atoms with Gasteiger partial charge in [-0.15, -0.1) is 0 Å². The smallest absolute Gasteiger partial charge is 0.346 e. The molecule has 1 aromatic carbocycles. The number of benzene rings is 1. The van der Waals surface area contributed by atoms with Crippen LogP contribution in [0.3, 0.4) is 0 Å². The topological polar surface area (TPSA) is 29.1 Å². The Morgan fingerprint density at radius 3 is 2.17 bits per heavy atom. The summed E-state index contributed by atoms with van der Waals surface area (Å²) in [5.41, 5.74) is 0.258. The Morgan fingerprint density at radius 1 is 1.22 bits per heavy atom. The molecule has 8 heteroatoms. The summed E-state index contributed by atoms with van der Waals surface area (Å²) in [7, 11) is 0. The Bertz CT molecular complexity index is 439. The van der Waals surface area contributed by atoms with Crippen LogP contribution in [0, 0.1) is 6.42 Å². The number of halogens is 6. The molecule has 0 saturated heterocycles. The van der Waals surface area contributed by atoms with Gasteiger partial charge >= 0.3 is 6.18 Å². The quantitative estimate of drug-likeness (QED) is 0.842. The molecule has 0 heterocycles. The maximum absolute atomic E-state index is 11.8. The van der Waals surface area contributed by atoms with Crippen molar-refractivity contribution < 1.29 is 18.0 Å². The van der Waals surface area contributed by atoms with Crippen LogP contribution in [0.1, 0.15) is 5.56 Å². The molecular formula is C10H6Cl3F3NO. The highest BCUT2D eigenvalue weighted by atomic mass is 35.5. The van der Waals surface area contributed by atoms with Crippen molar-refractivity contribution in [1.82, 2.24) is 5.32 Å². The third-order valence-corrected chi connectivity index (χ3v) is 2.96. The second-order valence-corrected chi connectivity index (χ2v) is 4.47. The number of hydrogen-bond acceptors (Lipinski definition) is 1. The molecule has 2 nitrogen and oxygen atoms in total. The van der Waals surface area contributed by atoms with Crippen LogP contribution >= 0.6 is 34.8 Å². The Hall–Kier alpha value is -0.650. The van der Waals surface area contributed by atoms with E-state index in [0.29, 0.717) is 0 Å². The van der Waals surface area contributed by atoms with Gasteiger partial charge in [-0.25, -0.2) is 0 Å². The van der Waals surface area contributed by atoms with Gasteiger partial charge in [0.2, 0.25) is 5.91 Å². The first-order chi connectivity index (χ1) is 8.19. The fraction of sp³-hybridized carbons (Fsp3) is 0.200. The summed E-state index contributed by atoms with van der Waals surface area (Å²) in [6.07, 6.45) is -3.52. The van der Waals surface area contributed by atoms with Gasteiger partial charge in [-0.3, -0.25) is 4.79 Å². The van der Waals surface area contributed by atoms with Gasteiger partial charge in [0.25, 0.3) is 0 Å². The van der Waals surface area contributed by atoms with Gasteiger partial charge in [0.1, 0.15) is 6.54 Å². The molecule has 0 unspecified atom stereocenters. The van der Waals surface area contributed by atoms with Crippen LogP contribution < -0.4 is 5.32 Å². The standard InChI is InChI=1S/C10H6Cl3F3NO/c11-6-1-5(2-7(12)9(6)13)3-8(18)17-4-10(14,15)16/h1-3H,4H2,(H,17,18). The zero-order chi connectivity index (χ0) is 13.9. The third kappa shape index (κ3) is 4.92. The molecule has 0 aliphatic rings. The summed E-state index contributed by atoms with van der Waals surface area (Å²) in [4.78, 5) is 11.2. The zero-order valence-electron chi connectivity index (χ0n) is 8.62. The van der Waals surface area contributed by atoms with E-state index in [4.69, 9.17) is 34.8 Å². The lowest BCUT2D eigenvalue weighted by Gasteiger charge is -2.09. The van der Waals surface area contributed by atoms with Crippen molar-refractivity contribution in [3.63, 3.8) is 0 Å². The maximum Gasteiger partial charge on any atom is 0.405 e. The number of amides is 1. The van der Waals surface area contributed by atoms with Crippen molar-refractivity contribution in [3.05, 3.63) is 39.2 Å². The largest absolute Gasteiger partial charge is 0.405 e. The second-order valence-electron chi connectivity index (χ2n) is 3.28. The number of carbonyl (C=O) groups is 1. The lowest BCUT2D eigenvalue weighted by atomic mass is 10.1. The molecule has 0 bridgehead atoms. The van der Waals surface area contributed by atoms with E-state index in [2.05, 4.69) is 0 Å². The van der Waals surface area contributed by atoms with Gasteiger partial charge in [-0.1, -0.05) is 34.8 Å². The molecule has 1 rings (SSSR count). The van der Waals surface area contributed by atoms with Crippen LogP contribution in [0.25, 0.3) is 0 Å². The van der Waals surface area contributed by atoms with Crippen LogP contribution in [0.2, 0.25) is 15.1 Å². The second kappa shape index (κ2) is 5.99. The van der Waals surface area contributed by atoms with E-state index >= 15 is 0 Å². The number of alkyl halides is 3. The van der Waals surface area contributed by atoms with Gasteiger partial charge in [0.05, 0.1) is 21.5 Å². The predicted molar refractivity (Wildman–Crippen MR) is 63.9 cm³/mol. The van der Waals surface area contributed by atoms with Crippen molar-refractivity contribution in [1.29, 1.82) is 0 Å². The van der Waals surface area contributed by atoms with E-state index in [1.165, 1.54) is 12.1 Å². The van der Waals surface area contributed by atoms with E-state index in [0.717, 1.165) is 6.42 Å². The molecular weight excluding hydrogens is 313 g/mol. The zero-order valence-corrected chi connectivity index (χ0v) is 10.9. The number of hydrogen-bond donors (Lipinski definition) is 1. The molecule has 18 heavy (non-hydrogen) atoms. The van der Waals surface area contributed by atoms with Gasteiger partial charge in [-0.2, -0.15) is 13.2 Å². The van der Waals surface area contributed by atoms with Crippen LogP contribution in [0.15, 0.2) is 12.1 Å². The van der Waals surface area contributed by atoms with E-state index in [1.807, 2.05) is 0 Å². The van der Waals surface area contributed by atoms with E-state index < -0.39 is 18.6 Å². The molecule has 0 aromatic heterocycles. The minimum atomic E-state index is -4.46. The first-order valence-electron chi connectivity index (χ1n) is 4.53. The predicted octanol–water partition coefficient (Wildman–Crippen LogP) is 3.88. The fourth-order valence-corrected chi connectivity index (χ4v) is 1.66. The minimum Gasteiger partial charge on any atom is -0.346 e. The van der Waals surface area contributed by atoms with E-state index in [-0.39, 0.29) is 20.6 Å². The van der Waals surface area contributed by atoms with E-state index in [9.17, 15) is 18.0 Å². The monoisotopic (exact) mass is 318 g/mol. The maximum atomic E-state index is 11.8. The molecule has 1 aromatic rings. The summed E-state index contributed by atoms with van der Waals surface area (Å²) >= 11 is 17.1. The molecule has 99 valence electrons. The van der Waals surface area contributed by atoms with Crippen molar-refractivity contribution in [2.45, 2.75) is 6.18 Å². The van der Waals surface area contributed by atoms with Crippen LogP contribution in [-0.4, -0.2) is 18.6 Å². The Balaban J connectivity index is 2.65. The summed E-state index contributed by atoms with van der Waals surface area (Å²) in [6.45, 7) is -1.41. The molecule has 0 spiro atoms. The molecule has 1 amide bonds. The first kappa shape index (κ1) is 15.4. The van der Waals surface area contributed by atoms with Gasteiger partial charge < -0.3 is 5.32 Å². The highest BCUT2D eigenvalue weighted by Crippen LogP contribution is 2.31. The molecule has 0 aliphatic carbocycles. The molecule has 1 radical (unpaired) electrons. The summed E-state index contributed by atoms with van der Waals surface area (Å²) in [5.74, 6) is -0.901. The SMILES string of the molecule is O=C([CH]c1cc(Cl)c(Cl)c(Cl)c1)NCC(F)(F)F. The average molecular weight is 320 g/mol. The highest BCUT2D eigenvalue weighted by molar-refractivity contribution is 6.48. The van der Waals surface area contributed by atoms with Crippen LogP contribution in [0.4, 0.5) is 13.2 Å². The Morgan fingerprint density at radius 2 is 1.72 bits per heavy atom. The first-order valence-corrected chi connectivity index (χ1v) is 5.66. The minimum absolute atomic E-state index is 0.110. The highest BCUT2D eigenvalue weighted by Gasteiger charge is 2.27. The lowest BCUT2D eigenvalue weighted by Crippen LogP contribution is -2.33. The molecule has 0 fully saturated rings. The van der Waals surface area contributed by atoms with Gasteiger partial charge in [0, 0.05) is 0 Å². The van der Waals surface area contributed by atoms with Crippen molar-refractivity contribution in [3.8, 4) is 0 Å². The van der Waals surface area contributed by atoms with Crippen LogP contribution in [0.5, 0.6) is 0 Å². The average Bonchev–Trinajstić information content (AvgIpc) is 2.22. The summed E-state index contributed by atoms with van der Waals surface area (Å²) < 4.78 is 35.5. The summed E-state index contributed by atoms with van der Waals surface area (Å²) in [6, 6.07) is 2.64. The van der Waals surface area contributed by atoms with Gasteiger partial charge in [0.15, 0.2) is 0 Å². The molecule has 0 aliphatic heterocycles. The summed E-state index contributed by atoms with van der Waals surface area (Å²) in [5, 5.41) is 2.02. The van der Waals surface area contributed by atoms with Crippen molar-refractivity contribution >= 4 is 40.7 Å². The Labute approximate surface area is 116 Å². The van der Waals surface area contributed by atoms with Crippen LogP contribution in [-0.2, 0) is 4.79 Å². The lowest BCUT2D eigenvalue weighted by molar-refractivity contribution is -0.136. The number of carbonyl (C=O) groups excluding carboxylic acids is 1. The normalized spacial score (nSPS) is 11.4. The Kier molecular flexibility index (Phi) is 5.13. The molecule has 1 N–H and O–H groups in total. The third-order valence-electron chi connectivity index (χ3n) is 1.77. The molecule has 0 atom stereocenters.